The zero-order valence-electron chi connectivity index (χ0n) is 39.9. The van der Waals surface area contributed by atoms with Crippen LogP contribution in [0.5, 0.6) is 0 Å². The number of aliphatic hydroxyl groups excluding tert-OH is 2. The highest BCUT2D eigenvalue weighted by Gasteiger charge is 2.24. The molecule has 0 aliphatic rings. The molecule has 1 amide bonds. The molecule has 0 fully saturated rings. The van der Waals surface area contributed by atoms with Crippen molar-refractivity contribution >= 4 is 11.9 Å². The van der Waals surface area contributed by atoms with E-state index in [0.29, 0.717) is 19.3 Å². The summed E-state index contributed by atoms with van der Waals surface area (Å²) in [5.74, 6) is -0.464. The number of aliphatic hydroxyl groups is 2. The SMILES string of the molecule is CCCCCC/C=C\CCCCCCCC(CC(=O)NC(CO)C(O)CCCCCCCCCCCCCCC)OC(=O)CCCCCCCCCCCCCCCC. The molecule has 0 aromatic carbocycles. The van der Waals surface area contributed by atoms with E-state index >= 15 is 0 Å². The number of ether oxygens (including phenoxy) is 1. The highest BCUT2D eigenvalue weighted by molar-refractivity contribution is 5.77. The molecule has 0 aromatic rings. The van der Waals surface area contributed by atoms with Gasteiger partial charge in [0.05, 0.1) is 25.2 Å². The summed E-state index contributed by atoms with van der Waals surface area (Å²) in [6, 6.07) is -0.697. The fraction of sp³-hybridized carbons (Fsp3) is 0.925. The minimum absolute atomic E-state index is 0.0789. The Hall–Kier alpha value is -1.40. The van der Waals surface area contributed by atoms with Crippen LogP contribution in [-0.2, 0) is 14.3 Å². The normalized spacial score (nSPS) is 13.2. The minimum Gasteiger partial charge on any atom is -0.462 e. The lowest BCUT2D eigenvalue weighted by atomic mass is 10.0. The maximum Gasteiger partial charge on any atom is 0.306 e. The summed E-state index contributed by atoms with van der Waals surface area (Å²) in [5.41, 5.74) is 0. The second kappa shape index (κ2) is 47.6. The van der Waals surface area contributed by atoms with Crippen LogP contribution in [0, 0.1) is 0 Å². The number of hydrogen-bond acceptors (Lipinski definition) is 5. The van der Waals surface area contributed by atoms with Crippen molar-refractivity contribution in [2.45, 2.75) is 309 Å². The Labute approximate surface area is 368 Å². The highest BCUT2D eigenvalue weighted by atomic mass is 16.5. The van der Waals surface area contributed by atoms with E-state index in [4.69, 9.17) is 4.74 Å². The summed E-state index contributed by atoms with van der Waals surface area (Å²) in [6.07, 6.45) is 52.7. The third-order valence-corrected chi connectivity index (χ3v) is 12.3. The van der Waals surface area contributed by atoms with Crippen molar-refractivity contribution in [1.82, 2.24) is 5.32 Å². The monoisotopic (exact) mass is 834 g/mol. The van der Waals surface area contributed by atoms with Crippen LogP contribution < -0.4 is 5.32 Å². The maximum absolute atomic E-state index is 13.2. The smallest absolute Gasteiger partial charge is 0.306 e. The summed E-state index contributed by atoms with van der Waals surface area (Å²) in [6.45, 7) is 6.49. The zero-order valence-corrected chi connectivity index (χ0v) is 39.9. The molecule has 0 rings (SSSR count). The van der Waals surface area contributed by atoms with Crippen LogP contribution in [0.3, 0.4) is 0 Å². The summed E-state index contributed by atoms with van der Waals surface area (Å²) in [5, 5.41) is 23.8. The Bertz CT molecular complexity index is 893. The van der Waals surface area contributed by atoms with Gasteiger partial charge in [-0.1, -0.05) is 238 Å². The van der Waals surface area contributed by atoms with Gasteiger partial charge in [-0.05, 0) is 51.4 Å². The standard InChI is InChI=1S/C53H103NO5/c1-4-7-10-13-16-19-22-25-28-31-34-37-40-43-46-53(58)59-49(44-41-38-35-32-29-26-23-20-17-14-11-8-5-2)47-52(57)54-50(48-55)51(56)45-42-39-36-33-30-27-24-21-18-15-12-9-6-3/h20,23,49-51,55-56H,4-19,21-22,24-48H2,1-3H3,(H,54,57)/b23-20-. The maximum atomic E-state index is 13.2. The van der Waals surface area contributed by atoms with Gasteiger partial charge in [-0.2, -0.15) is 0 Å². The lowest BCUT2D eigenvalue weighted by Gasteiger charge is -2.24. The van der Waals surface area contributed by atoms with Crippen LogP contribution in [0.25, 0.3) is 0 Å². The molecular formula is C53H103NO5. The molecular weight excluding hydrogens is 731 g/mol. The second-order valence-electron chi connectivity index (χ2n) is 18.3. The second-order valence-corrected chi connectivity index (χ2v) is 18.3. The molecule has 59 heavy (non-hydrogen) atoms. The summed E-state index contributed by atoms with van der Waals surface area (Å²) < 4.78 is 5.94. The van der Waals surface area contributed by atoms with Crippen molar-refractivity contribution in [3.63, 3.8) is 0 Å². The molecule has 0 aromatic heterocycles. The van der Waals surface area contributed by atoms with Crippen molar-refractivity contribution in [1.29, 1.82) is 0 Å². The third-order valence-electron chi connectivity index (χ3n) is 12.3. The van der Waals surface area contributed by atoms with Crippen LogP contribution in [0.2, 0.25) is 0 Å². The quantitative estimate of drug-likeness (QED) is 0.0322. The van der Waals surface area contributed by atoms with Crippen LogP contribution in [0.1, 0.15) is 290 Å². The minimum atomic E-state index is -0.783. The fourth-order valence-corrected chi connectivity index (χ4v) is 8.31. The Morgan fingerprint density at radius 2 is 0.814 bits per heavy atom. The predicted molar refractivity (Wildman–Crippen MR) is 255 cm³/mol. The van der Waals surface area contributed by atoms with Gasteiger partial charge in [-0.15, -0.1) is 0 Å². The van der Waals surface area contributed by atoms with Gasteiger partial charge in [-0.25, -0.2) is 0 Å². The lowest BCUT2D eigenvalue weighted by molar-refractivity contribution is -0.151. The molecule has 350 valence electrons. The molecule has 0 saturated heterocycles. The van der Waals surface area contributed by atoms with E-state index in [1.807, 2.05) is 0 Å². The van der Waals surface area contributed by atoms with E-state index in [9.17, 15) is 19.8 Å². The average Bonchev–Trinajstić information content (AvgIpc) is 3.23. The first-order valence-electron chi connectivity index (χ1n) is 26.4. The molecule has 0 bridgehead atoms. The van der Waals surface area contributed by atoms with E-state index in [1.54, 1.807) is 0 Å². The molecule has 6 heteroatoms. The number of unbranched alkanes of at least 4 members (excludes halogenated alkanes) is 34. The van der Waals surface area contributed by atoms with E-state index in [-0.39, 0.29) is 24.9 Å². The van der Waals surface area contributed by atoms with Gasteiger partial charge < -0.3 is 20.3 Å². The van der Waals surface area contributed by atoms with Gasteiger partial charge >= 0.3 is 5.97 Å². The van der Waals surface area contributed by atoms with Gasteiger partial charge in [0.2, 0.25) is 5.91 Å². The van der Waals surface area contributed by atoms with Crippen LogP contribution in [0.4, 0.5) is 0 Å². The van der Waals surface area contributed by atoms with Gasteiger partial charge in [-0.3, -0.25) is 9.59 Å². The van der Waals surface area contributed by atoms with Crippen molar-refractivity contribution < 1.29 is 24.5 Å². The first-order valence-corrected chi connectivity index (χ1v) is 26.4. The van der Waals surface area contributed by atoms with Crippen molar-refractivity contribution in [2.24, 2.45) is 0 Å². The Balaban J connectivity index is 4.53. The molecule has 0 radical (unpaired) electrons. The first-order chi connectivity index (χ1) is 29.0. The Kier molecular flexibility index (Phi) is 46.5. The number of carbonyl (C=O) groups excluding carboxylic acids is 2. The average molecular weight is 834 g/mol. The fourth-order valence-electron chi connectivity index (χ4n) is 8.31. The zero-order chi connectivity index (χ0) is 43.1. The number of allylic oxidation sites excluding steroid dienone is 2. The van der Waals surface area contributed by atoms with Gasteiger partial charge in [0.1, 0.15) is 6.10 Å². The van der Waals surface area contributed by atoms with Gasteiger partial charge in [0.15, 0.2) is 0 Å². The molecule has 3 N–H and O–H groups in total. The van der Waals surface area contributed by atoms with Crippen LogP contribution >= 0.6 is 0 Å². The van der Waals surface area contributed by atoms with E-state index in [0.717, 1.165) is 57.8 Å². The van der Waals surface area contributed by atoms with Crippen LogP contribution in [-0.4, -0.2) is 46.9 Å². The Morgan fingerprint density at radius 3 is 1.22 bits per heavy atom. The summed E-state index contributed by atoms with van der Waals surface area (Å²) in [4.78, 5) is 26.1. The lowest BCUT2D eigenvalue weighted by Crippen LogP contribution is -2.46. The topological polar surface area (TPSA) is 95.9 Å². The van der Waals surface area contributed by atoms with Crippen molar-refractivity contribution in [3.8, 4) is 0 Å². The van der Waals surface area contributed by atoms with E-state index < -0.39 is 18.2 Å². The molecule has 0 saturated carbocycles. The van der Waals surface area contributed by atoms with Crippen molar-refractivity contribution in [2.75, 3.05) is 6.61 Å². The highest BCUT2D eigenvalue weighted by Crippen LogP contribution is 2.18. The van der Waals surface area contributed by atoms with Gasteiger partial charge in [0, 0.05) is 6.42 Å². The molecule has 3 atom stereocenters. The molecule has 0 spiro atoms. The largest absolute Gasteiger partial charge is 0.462 e. The number of amides is 1. The number of nitrogens with one attached hydrogen (secondary N) is 1. The third kappa shape index (κ3) is 43.1. The summed E-state index contributed by atoms with van der Waals surface area (Å²) >= 11 is 0. The number of carbonyl (C=O) groups is 2. The van der Waals surface area contributed by atoms with E-state index in [2.05, 4.69) is 38.2 Å². The Morgan fingerprint density at radius 1 is 0.475 bits per heavy atom. The predicted octanol–water partition coefficient (Wildman–Crippen LogP) is 15.7. The van der Waals surface area contributed by atoms with Crippen LogP contribution in [0.15, 0.2) is 12.2 Å². The number of rotatable bonds is 48. The first kappa shape index (κ1) is 57.6. The molecule has 0 aliphatic heterocycles. The molecule has 0 aliphatic carbocycles. The molecule has 6 nitrogen and oxygen atoms in total. The van der Waals surface area contributed by atoms with Crippen molar-refractivity contribution in [3.05, 3.63) is 12.2 Å². The summed E-state index contributed by atoms with van der Waals surface area (Å²) in [7, 11) is 0. The molecule has 0 heterocycles. The van der Waals surface area contributed by atoms with Gasteiger partial charge in [0.25, 0.3) is 0 Å². The molecule has 3 unspecified atom stereocenters. The number of hydrogen-bond donors (Lipinski definition) is 3. The number of esters is 1. The van der Waals surface area contributed by atoms with E-state index in [1.165, 1.54) is 186 Å².